The number of hydrogen-bond acceptors (Lipinski definition) is 11. The fourth-order valence-corrected chi connectivity index (χ4v) is 7.29. The number of esters is 2. The van der Waals surface area contributed by atoms with E-state index in [1.807, 2.05) is 66.7 Å². The molecule has 5 aromatic carbocycles. The SMILES string of the molecule is COc1cccc(CC(Nc2ncc(-c3ccccc3)nc2Cc2cccc(F)c2)C(=O)OC(=O)C(Cc2ccc(C)o2)Nc2ncc(-c3ccccc3)nc2Cc2ccccc2F)c1. The Morgan fingerprint density at radius 1 is 0.631 bits per heavy atom. The van der Waals surface area contributed by atoms with Crippen LogP contribution in [0.2, 0.25) is 0 Å². The minimum absolute atomic E-state index is 0.0395. The zero-order valence-electron chi connectivity index (χ0n) is 35.6. The second-order valence-electron chi connectivity index (χ2n) is 15.3. The number of halogens is 2. The standard InChI is InChI=1S/C52H44F2N6O5/c1-33-23-24-41(64-33)30-46(60-50-44(29-38-19-9-10-22-42(38)54)58-48(32-56-50)37-17-7-4-8-18-37)52(62)65-51(61)45(28-35-14-12-21-40(26-35)63-2)59-49-43(27-34-13-11-20-39(53)25-34)57-47(31-55-49)36-15-5-3-6-16-36/h3-26,31-32,45-46H,27-30H2,1-2H3,(H,55,59)(H,56,60). The maximum absolute atomic E-state index is 15.1. The van der Waals surface area contributed by atoms with Crippen LogP contribution in [0.25, 0.3) is 22.5 Å². The topological polar surface area (TPSA) is 141 Å². The van der Waals surface area contributed by atoms with Crippen molar-refractivity contribution in [2.75, 3.05) is 17.7 Å². The highest BCUT2D eigenvalue weighted by molar-refractivity contribution is 5.93. The highest BCUT2D eigenvalue weighted by atomic mass is 19.1. The Morgan fingerprint density at radius 3 is 1.82 bits per heavy atom. The molecule has 2 atom stereocenters. The number of hydrogen-bond donors (Lipinski definition) is 2. The van der Waals surface area contributed by atoms with Crippen LogP contribution < -0.4 is 15.4 Å². The fraction of sp³-hybridized carbons (Fsp3) is 0.154. The number of nitrogens with zero attached hydrogens (tertiary/aromatic N) is 4. The van der Waals surface area contributed by atoms with Gasteiger partial charge in [-0.25, -0.2) is 38.3 Å². The van der Waals surface area contributed by atoms with E-state index in [9.17, 15) is 14.0 Å². The van der Waals surface area contributed by atoms with Crippen LogP contribution in [0.3, 0.4) is 0 Å². The van der Waals surface area contributed by atoms with Crippen molar-refractivity contribution in [3.63, 3.8) is 0 Å². The van der Waals surface area contributed by atoms with E-state index in [0.717, 1.165) is 11.1 Å². The van der Waals surface area contributed by atoms with Crippen LogP contribution in [0.1, 0.15) is 39.6 Å². The molecule has 0 aliphatic heterocycles. The van der Waals surface area contributed by atoms with Gasteiger partial charge in [-0.05, 0) is 66.1 Å². The third-order valence-electron chi connectivity index (χ3n) is 10.6. The smallest absolute Gasteiger partial charge is 0.336 e. The van der Waals surface area contributed by atoms with Gasteiger partial charge in [0, 0.05) is 36.8 Å². The monoisotopic (exact) mass is 870 g/mol. The van der Waals surface area contributed by atoms with Crippen molar-refractivity contribution < 1.29 is 32.3 Å². The first-order valence-electron chi connectivity index (χ1n) is 20.9. The van der Waals surface area contributed by atoms with Gasteiger partial charge in [-0.2, -0.15) is 0 Å². The van der Waals surface area contributed by atoms with Crippen molar-refractivity contribution in [1.82, 2.24) is 19.9 Å². The molecule has 2 unspecified atom stereocenters. The molecule has 326 valence electrons. The van der Waals surface area contributed by atoms with E-state index in [-0.39, 0.29) is 37.3 Å². The van der Waals surface area contributed by atoms with E-state index in [2.05, 4.69) is 15.6 Å². The van der Waals surface area contributed by atoms with E-state index in [0.29, 0.717) is 56.7 Å². The van der Waals surface area contributed by atoms with E-state index in [4.69, 9.17) is 28.8 Å². The molecular formula is C52H44F2N6O5. The predicted molar refractivity (Wildman–Crippen MR) is 243 cm³/mol. The summed E-state index contributed by atoms with van der Waals surface area (Å²) in [5, 5.41) is 6.40. The number of methoxy groups -OCH3 is 1. The normalized spacial score (nSPS) is 11.9. The summed E-state index contributed by atoms with van der Waals surface area (Å²) >= 11 is 0. The van der Waals surface area contributed by atoms with Gasteiger partial charge in [0.2, 0.25) is 0 Å². The molecule has 0 aliphatic rings. The molecule has 0 saturated carbocycles. The Labute approximate surface area is 374 Å². The summed E-state index contributed by atoms with van der Waals surface area (Å²) in [7, 11) is 1.54. The Balaban J connectivity index is 1.13. The number of furan rings is 1. The molecule has 8 rings (SSSR count). The van der Waals surface area contributed by atoms with Crippen LogP contribution in [0.5, 0.6) is 5.75 Å². The number of carbonyl (C=O) groups excluding carboxylic acids is 2. The third kappa shape index (κ3) is 11.3. The van der Waals surface area contributed by atoms with Gasteiger partial charge in [0.25, 0.3) is 0 Å². The van der Waals surface area contributed by atoms with E-state index >= 15 is 4.39 Å². The number of carbonyl (C=O) groups is 2. The molecular weight excluding hydrogens is 827 g/mol. The lowest BCUT2D eigenvalue weighted by molar-refractivity contribution is -0.160. The molecule has 0 fully saturated rings. The van der Waals surface area contributed by atoms with E-state index in [1.165, 1.54) is 18.2 Å². The quantitative estimate of drug-likeness (QED) is 0.0668. The average molecular weight is 871 g/mol. The van der Waals surface area contributed by atoms with Crippen LogP contribution in [0.15, 0.2) is 162 Å². The summed E-state index contributed by atoms with van der Waals surface area (Å²) in [6.45, 7) is 1.78. The number of aromatic nitrogens is 4. The summed E-state index contributed by atoms with van der Waals surface area (Å²) in [6.07, 6.45) is 3.35. The summed E-state index contributed by atoms with van der Waals surface area (Å²) in [5.74, 6) is -0.638. The zero-order valence-corrected chi connectivity index (χ0v) is 35.6. The summed E-state index contributed by atoms with van der Waals surface area (Å²) in [4.78, 5) is 48.2. The number of aryl methyl sites for hydroxylation is 1. The van der Waals surface area contributed by atoms with Crippen molar-refractivity contribution in [1.29, 1.82) is 0 Å². The summed E-state index contributed by atoms with van der Waals surface area (Å²) < 4.78 is 46.7. The number of nitrogens with one attached hydrogen (secondary N) is 2. The first kappa shape index (κ1) is 43.6. The highest BCUT2D eigenvalue weighted by Crippen LogP contribution is 2.27. The number of anilines is 2. The molecule has 3 aromatic heterocycles. The molecule has 65 heavy (non-hydrogen) atoms. The maximum atomic E-state index is 15.1. The third-order valence-corrected chi connectivity index (χ3v) is 10.6. The van der Waals surface area contributed by atoms with Crippen molar-refractivity contribution >= 4 is 23.6 Å². The largest absolute Gasteiger partial charge is 0.497 e. The Morgan fingerprint density at radius 2 is 1.22 bits per heavy atom. The van der Waals surface area contributed by atoms with Gasteiger partial charge in [-0.15, -0.1) is 0 Å². The predicted octanol–water partition coefficient (Wildman–Crippen LogP) is 9.79. The van der Waals surface area contributed by atoms with Crippen molar-refractivity contribution in [2.24, 2.45) is 0 Å². The molecule has 0 aliphatic carbocycles. The molecule has 0 amide bonds. The first-order valence-corrected chi connectivity index (χ1v) is 20.9. The molecule has 8 aromatic rings. The van der Waals surface area contributed by atoms with E-state index < -0.39 is 35.7 Å². The Bertz CT molecular complexity index is 2910. The molecule has 2 N–H and O–H groups in total. The number of rotatable bonds is 17. The van der Waals surface area contributed by atoms with Gasteiger partial charge < -0.3 is 24.5 Å². The van der Waals surface area contributed by atoms with Crippen LogP contribution >= 0.6 is 0 Å². The Hall–Kier alpha value is -8.06. The highest BCUT2D eigenvalue weighted by Gasteiger charge is 2.31. The lowest BCUT2D eigenvalue weighted by Gasteiger charge is -2.22. The maximum Gasteiger partial charge on any atom is 0.336 e. The van der Waals surface area contributed by atoms with Gasteiger partial charge >= 0.3 is 11.9 Å². The van der Waals surface area contributed by atoms with Gasteiger partial charge in [-0.1, -0.05) is 103 Å². The molecule has 0 spiro atoms. The zero-order chi connectivity index (χ0) is 45.1. The van der Waals surface area contributed by atoms with Gasteiger partial charge in [-0.3, -0.25) is 0 Å². The van der Waals surface area contributed by atoms with Gasteiger partial charge in [0.1, 0.15) is 52.6 Å². The second-order valence-corrected chi connectivity index (χ2v) is 15.3. The van der Waals surface area contributed by atoms with Crippen molar-refractivity contribution in [2.45, 2.75) is 44.7 Å². The molecule has 3 heterocycles. The van der Waals surface area contributed by atoms with Crippen molar-refractivity contribution in [3.05, 3.63) is 209 Å². The lowest BCUT2D eigenvalue weighted by Crippen LogP contribution is -2.41. The van der Waals surface area contributed by atoms with Crippen molar-refractivity contribution in [3.8, 4) is 28.3 Å². The molecule has 0 bridgehead atoms. The summed E-state index contributed by atoms with van der Waals surface area (Å²) in [5.41, 5.74) is 5.20. The molecule has 0 radical (unpaired) electrons. The van der Waals surface area contributed by atoms with Crippen LogP contribution in [-0.4, -0.2) is 51.1 Å². The van der Waals surface area contributed by atoms with Gasteiger partial charge in [0.05, 0.1) is 42.3 Å². The molecule has 11 nitrogen and oxygen atoms in total. The second kappa shape index (κ2) is 20.4. The molecule has 13 heteroatoms. The first-order chi connectivity index (χ1) is 31.7. The van der Waals surface area contributed by atoms with Crippen LogP contribution in [0, 0.1) is 18.6 Å². The van der Waals surface area contributed by atoms with Crippen LogP contribution in [-0.2, 0) is 40.0 Å². The Kier molecular flexibility index (Phi) is 13.7. The van der Waals surface area contributed by atoms with Crippen LogP contribution in [0.4, 0.5) is 20.4 Å². The minimum Gasteiger partial charge on any atom is -0.497 e. The summed E-state index contributed by atoms with van der Waals surface area (Å²) in [6, 6.07) is 39.7. The molecule has 0 saturated heterocycles. The average Bonchev–Trinajstić information content (AvgIpc) is 3.74. The number of ether oxygens (including phenoxy) is 2. The minimum atomic E-state index is -1.23. The fourth-order valence-electron chi connectivity index (χ4n) is 7.29. The number of benzene rings is 5. The van der Waals surface area contributed by atoms with E-state index in [1.54, 1.807) is 87.1 Å². The lowest BCUT2D eigenvalue weighted by atomic mass is 10.0. The van der Waals surface area contributed by atoms with Gasteiger partial charge in [0.15, 0.2) is 0 Å².